The molecule has 0 fully saturated rings. The van der Waals surface area contributed by atoms with Gasteiger partial charge in [-0.15, -0.1) is 0 Å². The van der Waals surface area contributed by atoms with Gasteiger partial charge >= 0.3 is 0 Å². The van der Waals surface area contributed by atoms with Crippen molar-refractivity contribution in [2.24, 2.45) is 4.52 Å². The molecule has 0 saturated carbocycles. The molecular weight excluding hydrogens is 354 g/mol. The molecule has 0 saturated heterocycles. The summed E-state index contributed by atoms with van der Waals surface area (Å²) in [6.45, 7) is 16.7. The Balaban J connectivity index is 5.45. The molecule has 0 aliphatic heterocycles. The summed E-state index contributed by atoms with van der Waals surface area (Å²) in [6.07, 6.45) is 0. The molecule has 0 spiro atoms. The fourth-order valence-electron chi connectivity index (χ4n) is 2.31. The Morgan fingerprint density at radius 1 is 0.800 bits per heavy atom. The van der Waals surface area contributed by atoms with Crippen molar-refractivity contribution >= 4 is 47.2 Å². The van der Waals surface area contributed by atoms with E-state index in [-0.39, 0.29) is 12.1 Å². The Kier molecular flexibility index (Phi) is 9.57. The van der Waals surface area contributed by atoms with E-state index in [0.29, 0.717) is 12.1 Å². The van der Waals surface area contributed by atoms with Crippen LogP contribution in [0.1, 0.15) is 55.4 Å². The van der Waals surface area contributed by atoms with Crippen LogP contribution < -0.4 is 0 Å². The number of halogens is 3. The van der Waals surface area contributed by atoms with Crippen LogP contribution in [0.3, 0.4) is 0 Å². The van der Waals surface area contributed by atoms with Gasteiger partial charge in [-0.2, -0.15) is 0 Å². The summed E-state index contributed by atoms with van der Waals surface area (Å²) < 4.78 is 8.84. The van der Waals surface area contributed by atoms with Crippen molar-refractivity contribution in [1.29, 1.82) is 0 Å². The lowest BCUT2D eigenvalue weighted by atomic mass is 10.3. The Morgan fingerprint density at radius 3 is 1.40 bits per heavy atom. The summed E-state index contributed by atoms with van der Waals surface area (Å²) in [5.74, 6) is -2.60. The Morgan fingerprint density at radius 2 is 1.15 bits per heavy atom. The molecular formula is C12H28Cl3N3P2. The predicted molar refractivity (Wildman–Crippen MR) is 98.0 cm³/mol. The molecule has 0 amide bonds. The SMILES string of the molecule is CC(C)N(C(C)C)[P@@](Cl)N=P(Cl)(Cl)N(C(C)C)C(C)C. The van der Waals surface area contributed by atoms with Gasteiger partial charge in [0.25, 0.3) is 0 Å². The molecule has 0 rings (SSSR count). The van der Waals surface area contributed by atoms with Crippen LogP contribution in [0, 0.1) is 0 Å². The molecule has 0 bridgehead atoms. The minimum atomic E-state index is -2.60. The summed E-state index contributed by atoms with van der Waals surface area (Å²) in [6, 6.07) is 1.08. The minimum absolute atomic E-state index is 0.230. The van der Waals surface area contributed by atoms with Gasteiger partial charge in [0.15, 0.2) is 7.58 Å². The molecule has 0 aromatic rings. The molecule has 3 nitrogen and oxygen atoms in total. The third kappa shape index (κ3) is 6.29. The largest absolute Gasteiger partial charge is 0.246 e. The molecule has 0 aromatic carbocycles. The zero-order valence-electron chi connectivity index (χ0n) is 13.7. The first-order valence-electron chi connectivity index (χ1n) is 6.96. The molecule has 0 aliphatic carbocycles. The molecule has 20 heavy (non-hydrogen) atoms. The van der Waals surface area contributed by atoms with Gasteiger partial charge < -0.3 is 0 Å². The highest BCUT2D eigenvalue weighted by molar-refractivity contribution is 8.11. The van der Waals surface area contributed by atoms with E-state index in [2.05, 4.69) is 69.2 Å². The fourth-order valence-corrected chi connectivity index (χ4v) is 11.4. The lowest BCUT2D eigenvalue weighted by Gasteiger charge is -2.37. The standard InChI is InChI=1S/C12H28Cl3N3P2/c1-9(2)17(10(3)4)19(13)16-20(14,15)18(11(5)6)12(7)8/h9-12H,1-8H3/t19-/m0/s1. The molecule has 8 heteroatoms. The van der Waals surface area contributed by atoms with Crippen molar-refractivity contribution in [3.63, 3.8) is 0 Å². The van der Waals surface area contributed by atoms with Gasteiger partial charge in [0, 0.05) is 24.2 Å². The van der Waals surface area contributed by atoms with E-state index in [0.717, 1.165) is 0 Å². The fraction of sp³-hybridized carbons (Fsp3) is 1.00. The summed E-state index contributed by atoms with van der Waals surface area (Å²) in [5, 5.41) is 0. The maximum atomic E-state index is 6.58. The quantitative estimate of drug-likeness (QED) is 0.437. The van der Waals surface area contributed by atoms with Crippen molar-refractivity contribution in [2.45, 2.75) is 79.6 Å². The van der Waals surface area contributed by atoms with E-state index >= 15 is 0 Å². The van der Waals surface area contributed by atoms with Crippen LogP contribution in [0.2, 0.25) is 0 Å². The third-order valence-corrected chi connectivity index (χ3v) is 10.4. The van der Waals surface area contributed by atoms with E-state index in [1.54, 1.807) is 0 Å². The molecule has 122 valence electrons. The van der Waals surface area contributed by atoms with E-state index in [9.17, 15) is 0 Å². The molecule has 0 aromatic heterocycles. The summed E-state index contributed by atoms with van der Waals surface area (Å²) >= 11 is 19.7. The monoisotopic (exact) mass is 381 g/mol. The highest BCUT2D eigenvalue weighted by atomic mass is 35.9. The molecule has 0 N–H and O–H groups in total. The average molecular weight is 383 g/mol. The van der Waals surface area contributed by atoms with E-state index < -0.39 is 13.5 Å². The van der Waals surface area contributed by atoms with Gasteiger partial charge in [0.2, 0.25) is 5.91 Å². The molecule has 0 radical (unpaired) electrons. The first-order chi connectivity index (χ1) is 8.91. The molecule has 0 aliphatic rings. The van der Waals surface area contributed by atoms with Crippen LogP contribution in [0.5, 0.6) is 0 Å². The van der Waals surface area contributed by atoms with Crippen LogP contribution in [0.25, 0.3) is 0 Å². The Bertz CT molecular complexity index is 327. The Hall–Kier alpha value is 1.45. The second kappa shape index (κ2) is 8.92. The van der Waals surface area contributed by atoms with Gasteiger partial charge in [0.1, 0.15) is 0 Å². The van der Waals surface area contributed by atoms with Crippen LogP contribution in [0.4, 0.5) is 0 Å². The maximum absolute atomic E-state index is 6.58. The number of rotatable bonds is 7. The first kappa shape index (κ1) is 21.4. The van der Waals surface area contributed by atoms with Gasteiger partial charge in [-0.05, 0) is 77.9 Å². The van der Waals surface area contributed by atoms with Crippen LogP contribution >= 0.6 is 47.2 Å². The Labute approximate surface area is 140 Å². The molecule has 1 atom stereocenters. The van der Waals surface area contributed by atoms with Crippen LogP contribution in [-0.2, 0) is 0 Å². The maximum Gasteiger partial charge on any atom is 0.211 e. The molecule has 0 heterocycles. The average Bonchev–Trinajstić information content (AvgIpc) is 2.10. The van der Waals surface area contributed by atoms with Crippen LogP contribution in [-0.4, -0.2) is 33.5 Å². The summed E-state index contributed by atoms with van der Waals surface area (Å²) in [5.41, 5.74) is 0. The number of hydrogen-bond donors (Lipinski definition) is 0. The van der Waals surface area contributed by atoms with E-state index in [1.807, 2.05) is 0 Å². The van der Waals surface area contributed by atoms with Crippen molar-refractivity contribution in [2.75, 3.05) is 0 Å². The highest BCUT2D eigenvalue weighted by Gasteiger charge is 2.32. The van der Waals surface area contributed by atoms with Crippen molar-refractivity contribution < 1.29 is 0 Å². The van der Waals surface area contributed by atoms with Crippen LogP contribution in [0.15, 0.2) is 4.52 Å². The second-order valence-corrected chi connectivity index (χ2v) is 13.2. The normalized spacial score (nSPS) is 15.2. The minimum Gasteiger partial charge on any atom is -0.246 e. The zero-order chi connectivity index (χ0) is 16.2. The smallest absolute Gasteiger partial charge is 0.211 e. The summed E-state index contributed by atoms with van der Waals surface area (Å²) in [4.78, 5) is 0. The predicted octanol–water partition coefficient (Wildman–Crippen LogP) is 7.11. The molecule has 0 unspecified atom stereocenters. The second-order valence-electron chi connectivity index (χ2n) is 5.92. The lowest BCUT2D eigenvalue weighted by molar-refractivity contribution is 0.323. The van der Waals surface area contributed by atoms with E-state index in [4.69, 9.17) is 33.7 Å². The van der Waals surface area contributed by atoms with Gasteiger partial charge in [-0.25, -0.2) is 13.9 Å². The van der Waals surface area contributed by atoms with E-state index in [1.165, 1.54) is 0 Å². The summed E-state index contributed by atoms with van der Waals surface area (Å²) in [7, 11) is -1.22. The first-order valence-corrected chi connectivity index (χ1v) is 12.6. The number of nitrogens with zero attached hydrogens (tertiary/aromatic N) is 3. The highest BCUT2D eigenvalue weighted by Crippen LogP contribution is 2.71. The van der Waals surface area contributed by atoms with Crippen molar-refractivity contribution in [3.8, 4) is 0 Å². The lowest BCUT2D eigenvalue weighted by Crippen LogP contribution is -2.32. The third-order valence-electron chi connectivity index (χ3n) is 2.77. The van der Waals surface area contributed by atoms with Crippen molar-refractivity contribution in [1.82, 2.24) is 9.34 Å². The van der Waals surface area contributed by atoms with Crippen molar-refractivity contribution in [3.05, 3.63) is 0 Å². The van der Waals surface area contributed by atoms with Gasteiger partial charge in [-0.1, -0.05) is 11.2 Å². The van der Waals surface area contributed by atoms with Gasteiger partial charge in [0.05, 0.1) is 0 Å². The number of hydrogen-bond acceptors (Lipinski definition) is 2. The zero-order valence-corrected chi connectivity index (χ0v) is 17.7. The topological polar surface area (TPSA) is 18.8 Å². The van der Waals surface area contributed by atoms with Gasteiger partial charge in [-0.3, -0.25) is 0 Å².